The summed E-state index contributed by atoms with van der Waals surface area (Å²) in [6.45, 7) is 5.76. The minimum absolute atomic E-state index is 0.428. The SMILES string of the molecule is c1ccc2c(c1)OCCOCCOCCOc1ccccc1[OH+]CCOCCOCCO2. The third-order valence-electron chi connectivity index (χ3n) is 4.43. The van der Waals surface area contributed by atoms with Crippen LogP contribution in [-0.4, -0.2) is 84.0 Å². The molecule has 8 heteroatoms. The Labute approximate surface area is 189 Å². The van der Waals surface area contributed by atoms with Crippen molar-refractivity contribution in [1.82, 2.24) is 0 Å². The van der Waals surface area contributed by atoms with Crippen LogP contribution in [0.1, 0.15) is 0 Å². The first-order valence-corrected chi connectivity index (χ1v) is 11.0. The maximum atomic E-state index is 5.81. The van der Waals surface area contributed by atoms with Crippen LogP contribution in [0.3, 0.4) is 0 Å². The van der Waals surface area contributed by atoms with Crippen LogP contribution in [0.15, 0.2) is 48.5 Å². The number of hydrogen-bond donors (Lipinski definition) is 0. The molecule has 0 bridgehead atoms. The van der Waals surface area contributed by atoms with Gasteiger partial charge in [-0.3, -0.25) is 0 Å². The first-order valence-electron chi connectivity index (χ1n) is 11.0. The highest BCUT2D eigenvalue weighted by atomic mass is 16.6. The van der Waals surface area contributed by atoms with Gasteiger partial charge >= 0.3 is 0 Å². The highest BCUT2D eigenvalue weighted by molar-refractivity contribution is 5.39. The third-order valence-corrected chi connectivity index (χ3v) is 4.43. The van der Waals surface area contributed by atoms with Gasteiger partial charge in [0.2, 0.25) is 5.75 Å². The van der Waals surface area contributed by atoms with E-state index in [2.05, 4.69) is 4.74 Å². The van der Waals surface area contributed by atoms with Gasteiger partial charge in [0.1, 0.15) is 26.4 Å². The van der Waals surface area contributed by atoms with E-state index in [-0.39, 0.29) is 0 Å². The minimum Gasteiger partial charge on any atom is -0.578 e. The van der Waals surface area contributed by atoms with Crippen LogP contribution in [0.2, 0.25) is 0 Å². The van der Waals surface area contributed by atoms with Crippen molar-refractivity contribution < 1.29 is 37.9 Å². The molecule has 0 amide bonds. The highest BCUT2D eigenvalue weighted by Crippen LogP contribution is 2.27. The van der Waals surface area contributed by atoms with Gasteiger partial charge in [0, 0.05) is 6.07 Å². The molecule has 8 nitrogen and oxygen atoms in total. The largest absolute Gasteiger partial charge is 0.578 e. The molecule has 0 unspecified atom stereocenters. The molecule has 0 atom stereocenters. The van der Waals surface area contributed by atoms with Crippen molar-refractivity contribution in [2.75, 3.05) is 79.3 Å². The lowest BCUT2D eigenvalue weighted by atomic mass is 10.3. The third kappa shape index (κ3) is 9.32. The molecule has 3 rings (SSSR count). The molecular formula is C24H33O8+. The number of aromatic hydroxyl groups is 1. The van der Waals surface area contributed by atoms with Gasteiger partial charge in [-0.2, -0.15) is 0 Å². The van der Waals surface area contributed by atoms with E-state index in [0.29, 0.717) is 90.8 Å². The van der Waals surface area contributed by atoms with Crippen LogP contribution < -0.4 is 14.2 Å². The Morgan fingerprint density at radius 3 is 1.41 bits per heavy atom. The molecule has 1 heterocycles. The van der Waals surface area contributed by atoms with Gasteiger partial charge in [0.05, 0.1) is 46.2 Å². The topological polar surface area (TPSA) is 77.4 Å². The van der Waals surface area contributed by atoms with Gasteiger partial charge in [-0.1, -0.05) is 24.3 Å². The molecule has 176 valence electrons. The predicted molar refractivity (Wildman–Crippen MR) is 119 cm³/mol. The van der Waals surface area contributed by atoms with E-state index in [1.54, 1.807) is 0 Å². The van der Waals surface area contributed by atoms with E-state index in [1.807, 2.05) is 48.5 Å². The van der Waals surface area contributed by atoms with Gasteiger partial charge < -0.3 is 37.9 Å². The molecule has 1 N–H and O–H groups in total. The zero-order valence-electron chi connectivity index (χ0n) is 18.4. The maximum Gasteiger partial charge on any atom is 0.297 e. The normalized spacial score (nSPS) is 18.2. The second-order valence-corrected chi connectivity index (χ2v) is 6.79. The molecule has 0 aromatic heterocycles. The zero-order valence-corrected chi connectivity index (χ0v) is 18.4. The van der Waals surface area contributed by atoms with Crippen LogP contribution in [0.4, 0.5) is 0 Å². The first kappa shape index (κ1) is 24.1. The predicted octanol–water partition coefficient (Wildman–Crippen LogP) is 2.84. The van der Waals surface area contributed by atoms with E-state index in [9.17, 15) is 0 Å². The fourth-order valence-electron chi connectivity index (χ4n) is 2.90. The zero-order chi connectivity index (χ0) is 22.1. The molecule has 0 radical (unpaired) electrons. The summed E-state index contributed by atoms with van der Waals surface area (Å²) in [7, 11) is 0. The average molecular weight is 450 g/mol. The van der Waals surface area contributed by atoms with Gasteiger partial charge in [-0.15, -0.1) is 0 Å². The Kier molecular flexibility index (Phi) is 11.5. The average Bonchev–Trinajstić information content (AvgIpc) is 2.82. The van der Waals surface area contributed by atoms with Crippen molar-refractivity contribution in [2.24, 2.45) is 0 Å². The number of rotatable bonds is 0. The number of para-hydroxylation sites is 4. The van der Waals surface area contributed by atoms with Crippen molar-refractivity contribution in [2.45, 2.75) is 0 Å². The number of benzene rings is 2. The summed E-state index contributed by atoms with van der Waals surface area (Å²) in [5.74, 6) is 2.92. The Morgan fingerprint density at radius 2 is 0.844 bits per heavy atom. The molecule has 2 aromatic carbocycles. The molecule has 1 aliphatic heterocycles. The molecule has 0 aliphatic carbocycles. The molecule has 2 aromatic rings. The summed E-state index contributed by atoms with van der Waals surface area (Å²) < 4.78 is 44.2. The number of hydrogen-bond acceptors (Lipinski definition) is 7. The monoisotopic (exact) mass is 449 g/mol. The fourth-order valence-corrected chi connectivity index (χ4v) is 2.90. The fraction of sp³-hybridized carbons (Fsp3) is 0.500. The Balaban J connectivity index is 1.44. The van der Waals surface area contributed by atoms with Crippen molar-refractivity contribution in [1.29, 1.82) is 0 Å². The number of ether oxygens (including phenoxy) is 8. The van der Waals surface area contributed by atoms with Gasteiger partial charge in [0.15, 0.2) is 18.1 Å². The van der Waals surface area contributed by atoms with Crippen LogP contribution in [0.25, 0.3) is 0 Å². The van der Waals surface area contributed by atoms with Crippen molar-refractivity contribution in [3.05, 3.63) is 48.5 Å². The standard InChI is InChI=1S/C24H32O8/c1-2-6-22-21(5-1)29-17-13-25-9-10-27-15-19-31-23-7-3-4-8-24(23)32-20-16-28-12-11-26-14-18-30-22/h1-8H,9-20H2/p+1. The lowest BCUT2D eigenvalue weighted by Crippen LogP contribution is -2.15. The summed E-state index contributed by atoms with van der Waals surface area (Å²) in [5.41, 5.74) is 0. The lowest BCUT2D eigenvalue weighted by Gasteiger charge is -2.13. The molecule has 0 spiro atoms. The van der Waals surface area contributed by atoms with Crippen LogP contribution in [-0.2, 0) is 18.9 Å². The second-order valence-electron chi connectivity index (χ2n) is 6.79. The van der Waals surface area contributed by atoms with Crippen molar-refractivity contribution in [3.8, 4) is 23.0 Å². The summed E-state index contributed by atoms with van der Waals surface area (Å²) in [4.78, 5) is 0. The maximum absolute atomic E-state index is 5.81. The quantitative estimate of drug-likeness (QED) is 0.573. The van der Waals surface area contributed by atoms with E-state index in [4.69, 9.17) is 33.2 Å². The van der Waals surface area contributed by atoms with Gasteiger partial charge in [0.25, 0.3) is 5.75 Å². The van der Waals surface area contributed by atoms with Crippen LogP contribution >= 0.6 is 0 Å². The van der Waals surface area contributed by atoms with Gasteiger partial charge in [-0.05, 0) is 18.2 Å². The Morgan fingerprint density at radius 1 is 0.438 bits per heavy atom. The van der Waals surface area contributed by atoms with Gasteiger partial charge in [-0.25, -0.2) is 0 Å². The molecular weight excluding hydrogens is 416 g/mol. The summed E-state index contributed by atoms with van der Waals surface area (Å²) in [6, 6.07) is 15.3. The van der Waals surface area contributed by atoms with Crippen LogP contribution in [0.5, 0.6) is 23.0 Å². The van der Waals surface area contributed by atoms with E-state index < -0.39 is 0 Å². The highest BCUT2D eigenvalue weighted by Gasteiger charge is 2.09. The van der Waals surface area contributed by atoms with Crippen molar-refractivity contribution in [3.63, 3.8) is 0 Å². The minimum atomic E-state index is 0.428. The number of aliphatic hydroxyl groups is 1. The Hall–Kier alpha value is -2.52. The molecule has 32 heavy (non-hydrogen) atoms. The molecule has 0 saturated heterocycles. The molecule has 0 saturated carbocycles. The van der Waals surface area contributed by atoms with Crippen molar-refractivity contribution >= 4 is 0 Å². The summed E-state index contributed by atoms with van der Waals surface area (Å²) in [5, 5.41) is 0. The second kappa shape index (κ2) is 15.3. The smallest absolute Gasteiger partial charge is 0.297 e. The molecule has 1 aliphatic rings. The molecule has 0 fully saturated rings. The first-order chi connectivity index (χ1) is 15.9. The summed E-state index contributed by atoms with van der Waals surface area (Å²) >= 11 is 0. The summed E-state index contributed by atoms with van der Waals surface area (Å²) in [6.07, 6.45) is 0. The van der Waals surface area contributed by atoms with E-state index in [1.165, 1.54) is 0 Å². The van der Waals surface area contributed by atoms with E-state index in [0.717, 1.165) is 11.5 Å². The number of fused-ring (bicyclic) bond motifs is 2. The lowest BCUT2D eigenvalue weighted by molar-refractivity contribution is -0.0177. The van der Waals surface area contributed by atoms with Crippen LogP contribution in [0, 0.1) is 0 Å². The Bertz CT molecular complexity index is 629. The van der Waals surface area contributed by atoms with E-state index >= 15 is 0 Å².